The molecule has 1 saturated heterocycles. The topological polar surface area (TPSA) is 88.7 Å². The van der Waals surface area contributed by atoms with Gasteiger partial charge in [0.25, 0.3) is 5.91 Å². The maximum Gasteiger partial charge on any atom is 0.356 e. The number of hydrogen-bond acceptors (Lipinski definition) is 5. The largest absolute Gasteiger partial charge is 0.443 e. The third-order valence-electron chi connectivity index (χ3n) is 4.87. The molecule has 1 aliphatic rings. The molecule has 0 bridgehead atoms. The van der Waals surface area contributed by atoms with E-state index in [0.29, 0.717) is 48.7 Å². The van der Waals surface area contributed by atoms with Gasteiger partial charge in [0, 0.05) is 29.9 Å². The molecule has 28 heavy (non-hydrogen) atoms. The van der Waals surface area contributed by atoms with E-state index in [0.717, 1.165) is 0 Å². The third kappa shape index (κ3) is 3.99. The van der Waals surface area contributed by atoms with Crippen LogP contribution < -0.4 is 0 Å². The number of morpholine rings is 1. The Balaban J connectivity index is 1.89. The molecule has 3 rings (SSSR count). The summed E-state index contributed by atoms with van der Waals surface area (Å²) in [6, 6.07) is 8.93. The van der Waals surface area contributed by atoms with E-state index in [2.05, 4.69) is 4.98 Å². The maximum atomic E-state index is 13.1. The highest BCUT2D eigenvalue weighted by Gasteiger charge is 2.32. The van der Waals surface area contributed by atoms with E-state index in [1.165, 1.54) is 6.92 Å². The zero-order chi connectivity index (χ0) is 20.3. The number of aromatic nitrogens is 1. The maximum absolute atomic E-state index is 13.1. The lowest BCUT2D eigenvalue weighted by atomic mass is 10.1. The van der Waals surface area contributed by atoms with Crippen LogP contribution in [0.4, 0.5) is 0 Å². The standard InChI is InChI=1S/C21H24N2O5/c1-13-17(15(3)24)14(2)22-18(13)21(26)28-19(16-7-5-4-6-8-16)20(25)23-9-11-27-12-10-23/h4-8,19,22H,9-12H2,1-3H3/t19-/m1/s1. The van der Waals surface area contributed by atoms with E-state index < -0.39 is 12.1 Å². The predicted molar refractivity (Wildman–Crippen MR) is 102 cm³/mol. The van der Waals surface area contributed by atoms with Crippen LogP contribution in [0.25, 0.3) is 0 Å². The van der Waals surface area contributed by atoms with Crippen molar-refractivity contribution in [2.45, 2.75) is 26.9 Å². The number of amides is 1. The number of carbonyl (C=O) groups excluding carboxylic acids is 3. The smallest absolute Gasteiger partial charge is 0.356 e. The summed E-state index contributed by atoms with van der Waals surface area (Å²) in [5, 5.41) is 0. The summed E-state index contributed by atoms with van der Waals surface area (Å²) < 4.78 is 11.0. The van der Waals surface area contributed by atoms with E-state index in [4.69, 9.17) is 9.47 Å². The number of Topliss-reactive ketones (excluding diaryl/α,β-unsaturated/α-hetero) is 1. The van der Waals surface area contributed by atoms with Crippen LogP contribution in [0.15, 0.2) is 30.3 Å². The van der Waals surface area contributed by atoms with E-state index in [-0.39, 0.29) is 17.4 Å². The summed E-state index contributed by atoms with van der Waals surface area (Å²) in [6.07, 6.45) is -1.06. The van der Waals surface area contributed by atoms with Crippen molar-refractivity contribution in [3.63, 3.8) is 0 Å². The van der Waals surface area contributed by atoms with E-state index in [9.17, 15) is 14.4 Å². The lowest BCUT2D eigenvalue weighted by Crippen LogP contribution is -2.44. The van der Waals surface area contributed by atoms with Crippen molar-refractivity contribution in [1.82, 2.24) is 9.88 Å². The Morgan fingerprint density at radius 1 is 1.11 bits per heavy atom. The van der Waals surface area contributed by atoms with E-state index in [1.807, 2.05) is 6.07 Å². The first-order valence-corrected chi connectivity index (χ1v) is 9.22. The molecule has 7 heteroatoms. The van der Waals surface area contributed by atoms with Gasteiger partial charge >= 0.3 is 5.97 Å². The monoisotopic (exact) mass is 384 g/mol. The number of nitrogens with one attached hydrogen (secondary N) is 1. The molecule has 0 spiro atoms. The van der Waals surface area contributed by atoms with Gasteiger partial charge in [-0.25, -0.2) is 4.79 Å². The van der Waals surface area contributed by atoms with Crippen molar-refractivity contribution in [3.05, 3.63) is 58.4 Å². The van der Waals surface area contributed by atoms with Gasteiger partial charge in [-0.2, -0.15) is 0 Å². The fourth-order valence-electron chi connectivity index (χ4n) is 3.49. The fourth-order valence-corrected chi connectivity index (χ4v) is 3.49. The number of nitrogens with zero attached hydrogens (tertiary/aromatic N) is 1. The van der Waals surface area contributed by atoms with Gasteiger partial charge in [0.2, 0.25) is 6.10 Å². The zero-order valence-electron chi connectivity index (χ0n) is 16.3. The fraction of sp³-hybridized carbons (Fsp3) is 0.381. The molecule has 1 atom stereocenters. The number of hydrogen-bond donors (Lipinski definition) is 1. The predicted octanol–water partition coefficient (Wildman–Crippen LogP) is 2.59. The number of ether oxygens (including phenoxy) is 2. The molecule has 1 N–H and O–H groups in total. The zero-order valence-corrected chi connectivity index (χ0v) is 16.3. The molecule has 0 radical (unpaired) electrons. The average Bonchev–Trinajstić information content (AvgIpc) is 3.01. The lowest BCUT2D eigenvalue weighted by Gasteiger charge is -2.30. The van der Waals surface area contributed by atoms with Crippen LogP contribution in [-0.2, 0) is 14.3 Å². The number of aryl methyl sites for hydroxylation is 1. The number of esters is 1. The molecule has 2 aromatic rings. The summed E-state index contributed by atoms with van der Waals surface area (Å²) in [7, 11) is 0. The Kier molecular flexibility index (Phi) is 5.94. The minimum absolute atomic E-state index is 0.130. The summed E-state index contributed by atoms with van der Waals surface area (Å²) in [5.41, 5.74) is 2.40. The lowest BCUT2D eigenvalue weighted by molar-refractivity contribution is -0.145. The molecule has 1 aromatic carbocycles. The summed E-state index contributed by atoms with van der Waals surface area (Å²) in [5.74, 6) is -1.08. The van der Waals surface area contributed by atoms with Gasteiger partial charge in [-0.1, -0.05) is 30.3 Å². The third-order valence-corrected chi connectivity index (χ3v) is 4.87. The van der Waals surface area contributed by atoms with Crippen molar-refractivity contribution >= 4 is 17.7 Å². The Morgan fingerprint density at radius 2 is 1.75 bits per heavy atom. The first-order chi connectivity index (χ1) is 13.4. The van der Waals surface area contributed by atoms with E-state index >= 15 is 0 Å². The molecule has 0 saturated carbocycles. The van der Waals surface area contributed by atoms with Gasteiger partial charge < -0.3 is 19.4 Å². The van der Waals surface area contributed by atoms with Gasteiger partial charge in [0.1, 0.15) is 5.69 Å². The van der Waals surface area contributed by atoms with Gasteiger partial charge in [0.05, 0.1) is 13.2 Å². The molecule has 148 valence electrons. The highest BCUT2D eigenvalue weighted by Crippen LogP contribution is 2.25. The molecule has 1 amide bonds. The van der Waals surface area contributed by atoms with Crippen LogP contribution in [0, 0.1) is 13.8 Å². The highest BCUT2D eigenvalue weighted by molar-refractivity contribution is 6.01. The number of carbonyl (C=O) groups is 3. The Hall–Kier alpha value is -2.93. The van der Waals surface area contributed by atoms with Gasteiger partial charge in [-0.3, -0.25) is 9.59 Å². The summed E-state index contributed by atoms with van der Waals surface area (Å²) >= 11 is 0. The molecule has 2 heterocycles. The Bertz CT molecular complexity index is 882. The van der Waals surface area contributed by atoms with Crippen molar-refractivity contribution in [2.24, 2.45) is 0 Å². The Morgan fingerprint density at radius 3 is 2.32 bits per heavy atom. The molecular weight excluding hydrogens is 360 g/mol. The Labute approximate surface area is 163 Å². The summed E-state index contributed by atoms with van der Waals surface area (Å²) in [6.45, 7) is 6.69. The quantitative estimate of drug-likeness (QED) is 0.632. The minimum atomic E-state index is -1.06. The van der Waals surface area contributed by atoms with Gasteiger partial charge in [0.15, 0.2) is 5.78 Å². The molecule has 1 fully saturated rings. The van der Waals surface area contributed by atoms with Crippen LogP contribution in [-0.4, -0.2) is 53.8 Å². The number of ketones is 1. The van der Waals surface area contributed by atoms with Crippen LogP contribution in [0.1, 0.15) is 50.7 Å². The number of H-pyrrole nitrogens is 1. The summed E-state index contributed by atoms with van der Waals surface area (Å²) in [4.78, 5) is 42.3. The van der Waals surface area contributed by atoms with Crippen molar-refractivity contribution in [3.8, 4) is 0 Å². The number of rotatable bonds is 5. The van der Waals surface area contributed by atoms with Gasteiger partial charge in [-0.15, -0.1) is 0 Å². The van der Waals surface area contributed by atoms with Crippen molar-refractivity contribution in [2.75, 3.05) is 26.3 Å². The van der Waals surface area contributed by atoms with E-state index in [1.54, 1.807) is 43.0 Å². The van der Waals surface area contributed by atoms with Crippen molar-refractivity contribution in [1.29, 1.82) is 0 Å². The normalized spacial score (nSPS) is 15.2. The minimum Gasteiger partial charge on any atom is -0.443 e. The van der Waals surface area contributed by atoms with Crippen LogP contribution in [0.3, 0.4) is 0 Å². The molecular formula is C21H24N2O5. The second-order valence-corrected chi connectivity index (χ2v) is 6.81. The van der Waals surface area contributed by atoms with Crippen LogP contribution in [0.2, 0.25) is 0 Å². The molecule has 0 aliphatic carbocycles. The molecule has 7 nitrogen and oxygen atoms in total. The molecule has 1 aliphatic heterocycles. The average molecular weight is 384 g/mol. The van der Waals surface area contributed by atoms with Crippen LogP contribution >= 0.6 is 0 Å². The van der Waals surface area contributed by atoms with Gasteiger partial charge in [-0.05, 0) is 26.3 Å². The molecule has 1 aromatic heterocycles. The SMILES string of the molecule is CC(=O)c1c(C)[nH]c(C(=O)O[C@@H](C(=O)N2CCOCC2)c2ccccc2)c1C. The number of aromatic amines is 1. The molecule has 0 unspecified atom stereocenters. The first kappa shape index (κ1) is 19.8. The second-order valence-electron chi connectivity index (χ2n) is 6.81. The number of benzene rings is 1. The van der Waals surface area contributed by atoms with Crippen molar-refractivity contribution < 1.29 is 23.9 Å². The second kappa shape index (κ2) is 8.39. The van der Waals surface area contributed by atoms with Crippen LogP contribution in [0.5, 0.6) is 0 Å². The first-order valence-electron chi connectivity index (χ1n) is 9.22. The highest BCUT2D eigenvalue weighted by atomic mass is 16.5.